The van der Waals surface area contributed by atoms with Gasteiger partial charge in [-0.1, -0.05) is 163 Å². The molecule has 0 N–H and O–H groups in total. The summed E-state index contributed by atoms with van der Waals surface area (Å²) in [5.41, 5.74) is 23.0. The minimum absolute atomic E-state index is 0.0539. The zero-order chi connectivity index (χ0) is 41.6. The summed E-state index contributed by atoms with van der Waals surface area (Å²) in [6.45, 7) is 4.83. The van der Waals surface area contributed by atoms with E-state index in [0.29, 0.717) is 5.92 Å². The van der Waals surface area contributed by atoms with Crippen LogP contribution in [0.1, 0.15) is 180 Å². The molecule has 316 valence electrons. The van der Waals surface area contributed by atoms with Crippen LogP contribution in [0.5, 0.6) is 0 Å². The highest BCUT2D eigenvalue weighted by Crippen LogP contribution is 2.52. The van der Waals surface area contributed by atoms with Gasteiger partial charge in [0.15, 0.2) is 0 Å². The van der Waals surface area contributed by atoms with Crippen molar-refractivity contribution in [2.24, 2.45) is 0 Å². The Kier molecular flexibility index (Phi) is 11.0. The van der Waals surface area contributed by atoms with Gasteiger partial charge in [0.1, 0.15) is 0 Å². The van der Waals surface area contributed by atoms with Crippen LogP contribution in [0.4, 0.5) is 17.1 Å². The molecule has 0 amide bonds. The Morgan fingerprint density at radius 3 is 1.63 bits per heavy atom. The lowest BCUT2D eigenvalue weighted by Gasteiger charge is -2.33. The lowest BCUT2D eigenvalue weighted by molar-refractivity contribution is 0.435. The van der Waals surface area contributed by atoms with Gasteiger partial charge in [-0.05, 0) is 185 Å². The number of fused-ring (bicyclic) bond motifs is 4. The predicted octanol–water partition coefficient (Wildman–Crippen LogP) is 17.8. The van der Waals surface area contributed by atoms with Crippen molar-refractivity contribution in [2.45, 2.75) is 159 Å². The number of hydrogen-bond acceptors (Lipinski definition) is 1. The van der Waals surface area contributed by atoms with E-state index in [9.17, 15) is 0 Å². The van der Waals surface area contributed by atoms with E-state index in [0.717, 1.165) is 24.7 Å². The van der Waals surface area contributed by atoms with Gasteiger partial charge in [0, 0.05) is 22.5 Å². The fraction of sp³-hybridized carbons (Fsp3) is 0.410. The third-order valence-corrected chi connectivity index (χ3v) is 16.4. The van der Waals surface area contributed by atoms with Crippen molar-refractivity contribution in [2.75, 3.05) is 4.90 Å². The van der Waals surface area contributed by atoms with Crippen LogP contribution in [-0.4, -0.2) is 0 Å². The van der Waals surface area contributed by atoms with Gasteiger partial charge in [-0.15, -0.1) is 0 Å². The summed E-state index contributed by atoms with van der Waals surface area (Å²) >= 11 is 0. The lowest BCUT2D eigenvalue weighted by Crippen LogP contribution is -2.18. The normalized spacial score (nSPS) is 19.1. The maximum Gasteiger partial charge on any atom is 0.0496 e. The Morgan fingerprint density at radius 2 is 0.952 bits per heavy atom. The fourth-order valence-electron chi connectivity index (χ4n) is 13.0. The van der Waals surface area contributed by atoms with E-state index in [4.69, 9.17) is 0 Å². The number of anilines is 3. The number of hydrogen-bond donors (Lipinski definition) is 0. The van der Waals surface area contributed by atoms with Crippen molar-refractivity contribution in [1.82, 2.24) is 0 Å². The molecule has 1 nitrogen and oxygen atoms in total. The molecule has 3 saturated carbocycles. The number of nitrogens with zero attached hydrogens (tertiary/aromatic N) is 1. The van der Waals surface area contributed by atoms with Crippen LogP contribution in [0.3, 0.4) is 0 Å². The quantitative estimate of drug-likeness (QED) is 0.148. The Hall–Kier alpha value is -4.88. The van der Waals surface area contributed by atoms with Crippen molar-refractivity contribution >= 4 is 17.1 Å². The zero-order valence-electron chi connectivity index (χ0n) is 37.7. The fourth-order valence-corrected chi connectivity index (χ4v) is 13.0. The average molecular weight is 814 g/mol. The monoisotopic (exact) mass is 814 g/mol. The van der Waals surface area contributed by atoms with Crippen LogP contribution in [0, 0.1) is 0 Å². The molecule has 5 aliphatic carbocycles. The molecule has 0 aliphatic heterocycles. The van der Waals surface area contributed by atoms with E-state index in [1.807, 2.05) is 0 Å². The van der Waals surface area contributed by atoms with E-state index in [1.54, 1.807) is 22.3 Å². The van der Waals surface area contributed by atoms with Crippen molar-refractivity contribution in [3.05, 3.63) is 160 Å². The molecule has 11 rings (SSSR count). The highest BCUT2D eigenvalue weighted by Gasteiger charge is 2.36. The van der Waals surface area contributed by atoms with Crippen LogP contribution in [0.15, 0.2) is 121 Å². The van der Waals surface area contributed by atoms with Gasteiger partial charge in [0.05, 0.1) is 0 Å². The maximum atomic E-state index is 2.64. The highest BCUT2D eigenvalue weighted by molar-refractivity contribution is 5.88. The third-order valence-electron chi connectivity index (χ3n) is 16.4. The molecule has 1 heteroatoms. The SMILES string of the molecule is CC1(C)c2ccccc2-c2ccc(N(c3cccc(C4CCCCC4)c3)c3ccc(-c4ccc(-c5cc(C6CCCCC6)cc(C6CCCCC6)c5)cc4)c4c3CCCC4)cc21. The molecule has 6 aromatic carbocycles. The number of rotatable bonds is 8. The molecule has 3 fully saturated rings. The van der Waals surface area contributed by atoms with Crippen LogP contribution < -0.4 is 4.90 Å². The van der Waals surface area contributed by atoms with E-state index >= 15 is 0 Å². The van der Waals surface area contributed by atoms with Gasteiger partial charge >= 0.3 is 0 Å². The Labute approximate surface area is 373 Å². The summed E-state index contributed by atoms with van der Waals surface area (Å²) in [6, 6.07) is 48.6. The molecule has 0 heterocycles. The third kappa shape index (κ3) is 7.46. The first kappa shape index (κ1) is 39.9. The largest absolute Gasteiger partial charge is 0.310 e. The predicted molar refractivity (Wildman–Crippen MR) is 264 cm³/mol. The molecule has 62 heavy (non-hydrogen) atoms. The molecular weight excluding hydrogens is 747 g/mol. The highest BCUT2D eigenvalue weighted by atomic mass is 15.1. The molecule has 5 aliphatic rings. The minimum atomic E-state index is -0.0539. The molecule has 0 aromatic heterocycles. The topological polar surface area (TPSA) is 3.24 Å². The Bertz CT molecular complexity index is 2520. The minimum Gasteiger partial charge on any atom is -0.310 e. The molecule has 0 radical (unpaired) electrons. The van der Waals surface area contributed by atoms with Gasteiger partial charge in [-0.2, -0.15) is 0 Å². The van der Waals surface area contributed by atoms with Crippen LogP contribution in [0.2, 0.25) is 0 Å². The molecule has 0 unspecified atom stereocenters. The summed E-state index contributed by atoms with van der Waals surface area (Å²) in [6.07, 6.45) is 25.2. The van der Waals surface area contributed by atoms with Crippen LogP contribution in [0.25, 0.3) is 33.4 Å². The standard InChI is InChI=1S/C61H67N/c1-61(2)58-28-15-14-26-55(58)56-34-33-52(41-59(56)61)62(51-24-16-23-47(40-51)42-17-6-3-7-18-42)60-36-35-53(54-25-12-13-27-57(54)60)46-31-29-45(30-32-46)50-38-48(43-19-8-4-9-20-43)37-49(39-50)44-21-10-5-11-22-44/h14-16,23-24,26,28-44H,3-13,17-22,25,27H2,1-2H3. The molecule has 0 saturated heterocycles. The van der Waals surface area contributed by atoms with E-state index in [-0.39, 0.29) is 5.41 Å². The second kappa shape index (κ2) is 17.0. The first-order valence-corrected chi connectivity index (χ1v) is 25.0. The zero-order valence-corrected chi connectivity index (χ0v) is 37.7. The molecule has 6 aromatic rings. The lowest BCUT2D eigenvalue weighted by atomic mass is 9.78. The first-order chi connectivity index (χ1) is 30.5. The average Bonchev–Trinajstić information content (AvgIpc) is 3.57. The van der Waals surface area contributed by atoms with Crippen molar-refractivity contribution in [3.8, 4) is 33.4 Å². The Morgan fingerprint density at radius 1 is 0.387 bits per heavy atom. The van der Waals surface area contributed by atoms with Crippen molar-refractivity contribution < 1.29 is 0 Å². The van der Waals surface area contributed by atoms with Gasteiger partial charge in [0.2, 0.25) is 0 Å². The van der Waals surface area contributed by atoms with Gasteiger partial charge in [-0.25, -0.2) is 0 Å². The maximum absolute atomic E-state index is 2.64. The van der Waals surface area contributed by atoms with Crippen LogP contribution >= 0.6 is 0 Å². The molecular formula is C61H67N. The van der Waals surface area contributed by atoms with Crippen molar-refractivity contribution in [1.29, 1.82) is 0 Å². The van der Waals surface area contributed by atoms with E-state index in [2.05, 4.69) is 140 Å². The van der Waals surface area contributed by atoms with E-state index < -0.39 is 0 Å². The summed E-state index contributed by atoms with van der Waals surface area (Å²) in [4.78, 5) is 2.64. The summed E-state index contributed by atoms with van der Waals surface area (Å²) in [5.74, 6) is 2.11. The molecule has 0 atom stereocenters. The second-order valence-electron chi connectivity index (χ2n) is 20.6. The molecule has 0 spiro atoms. The van der Waals surface area contributed by atoms with Gasteiger partial charge in [0.25, 0.3) is 0 Å². The second-order valence-corrected chi connectivity index (χ2v) is 20.6. The summed E-state index contributed by atoms with van der Waals surface area (Å²) in [7, 11) is 0. The number of benzene rings is 6. The first-order valence-electron chi connectivity index (χ1n) is 25.0. The summed E-state index contributed by atoms with van der Waals surface area (Å²) < 4.78 is 0. The molecule has 0 bridgehead atoms. The smallest absolute Gasteiger partial charge is 0.0496 e. The van der Waals surface area contributed by atoms with Crippen LogP contribution in [-0.2, 0) is 18.3 Å². The van der Waals surface area contributed by atoms with Gasteiger partial charge < -0.3 is 4.90 Å². The van der Waals surface area contributed by atoms with Gasteiger partial charge in [-0.3, -0.25) is 0 Å². The van der Waals surface area contributed by atoms with E-state index in [1.165, 1.54) is 176 Å². The summed E-state index contributed by atoms with van der Waals surface area (Å²) in [5, 5.41) is 0. The Balaban J connectivity index is 0.987. The van der Waals surface area contributed by atoms with Crippen molar-refractivity contribution in [3.63, 3.8) is 0 Å².